The van der Waals surface area contributed by atoms with Gasteiger partial charge in [0.05, 0.1) is 6.61 Å². The van der Waals surface area contributed by atoms with Gasteiger partial charge in [-0.25, -0.2) is 0 Å². The molecular formula is C10H16F3NO2. The molecule has 0 aromatic heterocycles. The molecule has 0 spiro atoms. The standard InChI is InChI=1S/C10H16F3NO2/c1-7(10(11,12)13)9(15)16-6-8-3-2-4-14-5-8/h7-8,14H,2-6H2,1H3. The lowest BCUT2D eigenvalue weighted by Gasteiger charge is -2.23. The fourth-order valence-electron chi connectivity index (χ4n) is 1.52. The van der Waals surface area contributed by atoms with Gasteiger partial charge in [0.25, 0.3) is 0 Å². The summed E-state index contributed by atoms with van der Waals surface area (Å²) in [6.07, 6.45) is -2.65. The molecular weight excluding hydrogens is 223 g/mol. The molecule has 1 aliphatic heterocycles. The Morgan fingerprint density at radius 2 is 2.25 bits per heavy atom. The molecule has 1 saturated heterocycles. The Morgan fingerprint density at radius 1 is 1.56 bits per heavy atom. The van der Waals surface area contributed by atoms with Crippen molar-refractivity contribution in [1.29, 1.82) is 0 Å². The molecule has 0 bridgehead atoms. The zero-order chi connectivity index (χ0) is 12.2. The van der Waals surface area contributed by atoms with E-state index in [0.717, 1.165) is 26.3 Å². The van der Waals surface area contributed by atoms with Gasteiger partial charge in [0, 0.05) is 12.5 Å². The van der Waals surface area contributed by atoms with E-state index >= 15 is 0 Å². The predicted octanol–water partition coefficient (Wildman–Crippen LogP) is 1.73. The number of carbonyl (C=O) groups is 1. The molecule has 0 aromatic carbocycles. The van der Waals surface area contributed by atoms with E-state index in [2.05, 4.69) is 10.1 Å². The molecule has 2 atom stereocenters. The van der Waals surface area contributed by atoms with Crippen LogP contribution >= 0.6 is 0 Å². The van der Waals surface area contributed by atoms with Crippen LogP contribution in [0.4, 0.5) is 13.2 Å². The smallest absolute Gasteiger partial charge is 0.401 e. The van der Waals surface area contributed by atoms with E-state index in [4.69, 9.17) is 0 Å². The first-order valence-corrected chi connectivity index (χ1v) is 5.35. The van der Waals surface area contributed by atoms with Gasteiger partial charge < -0.3 is 10.1 Å². The quantitative estimate of drug-likeness (QED) is 0.762. The van der Waals surface area contributed by atoms with Gasteiger partial charge in [-0.2, -0.15) is 13.2 Å². The van der Waals surface area contributed by atoms with Crippen molar-refractivity contribution >= 4 is 5.97 Å². The summed E-state index contributed by atoms with van der Waals surface area (Å²) in [5.74, 6) is -3.08. The normalized spacial score (nSPS) is 23.9. The number of nitrogens with one attached hydrogen (secondary N) is 1. The monoisotopic (exact) mass is 239 g/mol. The molecule has 1 heterocycles. The van der Waals surface area contributed by atoms with E-state index in [1.54, 1.807) is 0 Å². The number of ether oxygens (including phenoxy) is 1. The van der Waals surface area contributed by atoms with Gasteiger partial charge in [0.1, 0.15) is 5.92 Å². The highest BCUT2D eigenvalue weighted by atomic mass is 19.4. The van der Waals surface area contributed by atoms with Crippen LogP contribution in [0.1, 0.15) is 19.8 Å². The Kier molecular flexibility index (Phi) is 4.58. The highest BCUT2D eigenvalue weighted by Gasteiger charge is 2.42. The molecule has 16 heavy (non-hydrogen) atoms. The van der Waals surface area contributed by atoms with Gasteiger partial charge in [0.2, 0.25) is 0 Å². The van der Waals surface area contributed by atoms with Crippen LogP contribution in [0.15, 0.2) is 0 Å². The van der Waals surface area contributed by atoms with Gasteiger partial charge >= 0.3 is 12.1 Å². The minimum atomic E-state index is -4.51. The van der Waals surface area contributed by atoms with Crippen molar-refractivity contribution in [1.82, 2.24) is 5.32 Å². The summed E-state index contributed by atoms with van der Waals surface area (Å²) in [7, 11) is 0. The summed E-state index contributed by atoms with van der Waals surface area (Å²) in [4.78, 5) is 11.1. The zero-order valence-corrected chi connectivity index (χ0v) is 9.14. The number of hydrogen-bond acceptors (Lipinski definition) is 3. The number of halogens is 3. The van der Waals surface area contributed by atoms with Crippen LogP contribution in [0.3, 0.4) is 0 Å². The summed E-state index contributed by atoms with van der Waals surface area (Å²) < 4.78 is 41.1. The van der Waals surface area contributed by atoms with Crippen molar-refractivity contribution in [2.75, 3.05) is 19.7 Å². The topological polar surface area (TPSA) is 38.3 Å². The maximum Gasteiger partial charge on any atom is 0.401 e. The Bertz CT molecular complexity index is 237. The summed E-state index contributed by atoms with van der Waals surface area (Å²) in [6, 6.07) is 0. The van der Waals surface area contributed by atoms with Crippen molar-refractivity contribution in [3.05, 3.63) is 0 Å². The van der Waals surface area contributed by atoms with E-state index in [9.17, 15) is 18.0 Å². The lowest BCUT2D eigenvalue weighted by atomic mass is 10.0. The molecule has 0 aromatic rings. The Balaban J connectivity index is 2.29. The van der Waals surface area contributed by atoms with E-state index in [1.807, 2.05) is 0 Å². The van der Waals surface area contributed by atoms with Crippen molar-refractivity contribution in [3.8, 4) is 0 Å². The molecule has 1 aliphatic rings. The summed E-state index contributed by atoms with van der Waals surface area (Å²) in [5, 5.41) is 3.10. The van der Waals surface area contributed by atoms with E-state index in [0.29, 0.717) is 6.54 Å². The number of esters is 1. The largest absolute Gasteiger partial charge is 0.465 e. The number of hydrogen-bond donors (Lipinski definition) is 1. The summed E-state index contributed by atoms with van der Waals surface area (Å²) >= 11 is 0. The van der Waals surface area contributed by atoms with Gasteiger partial charge in [-0.15, -0.1) is 0 Å². The SMILES string of the molecule is CC(C(=O)OCC1CCCNC1)C(F)(F)F. The molecule has 6 heteroatoms. The number of carbonyl (C=O) groups excluding carboxylic acids is 1. The van der Waals surface area contributed by atoms with Crippen LogP contribution in [0, 0.1) is 11.8 Å². The predicted molar refractivity (Wildman–Crippen MR) is 51.8 cm³/mol. The zero-order valence-electron chi connectivity index (χ0n) is 9.14. The molecule has 0 saturated carbocycles. The molecule has 94 valence electrons. The average Bonchev–Trinajstić information content (AvgIpc) is 2.25. The van der Waals surface area contributed by atoms with Crippen molar-refractivity contribution in [2.45, 2.75) is 25.9 Å². The Labute approximate surface area is 92.3 Å². The summed E-state index contributed by atoms with van der Waals surface area (Å²) in [5.41, 5.74) is 0. The first-order chi connectivity index (χ1) is 7.41. The van der Waals surface area contributed by atoms with E-state index < -0.39 is 18.1 Å². The fraction of sp³-hybridized carbons (Fsp3) is 0.900. The average molecular weight is 239 g/mol. The third kappa shape index (κ3) is 4.00. The molecule has 1 N–H and O–H groups in total. The molecule has 1 fully saturated rings. The number of piperidine rings is 1. The third-order valence-electron chi connectivity index (χ3n) is 2.70. The van der Waals surface area contributed by atoms with Crippen LogP contribution in [0.2, 0.25) is 0 Å². The first kappa shape index (κ1) is 13.3. The minimum absolute atomic E-state index is 0.0756. The van der Waals surface area contributed by atoms with Crippen LogP contribution < -0.4 is 5.32 Å². The first-order valence-electron chi connectivity index (χ1n) is 5.35. The lowest BCUT2D eigenvalue weighted by molar-refractivity contribution is -0.195. The van der Waals surface area contributed by atoms with Crippen LogP contribution in [-0.2, 0) is 9.53 Å². The highest BCUT2D eigenvalue weighted by molar-refractivity contribution is 5.72. The van der Waals surface area contributed by atoms with Crippen molar-refractivity contribution < 1.29 is 22.7 Å². The van der Waals surface area contributed by atoms with Gasteiger partial charge in [-0.1, -0.05) is 0 Å². The molecule has 3 nitrogen and oxygen atoms in total. The second-order valence-corrected chi connectivity index (χ2v) is 4.11. The van der Waals surface area contributed by atoms with Crippen molar-refractivity contribution in [2.24, 2.45) is 11.8 Å². The van der Waals surface area contributed by atoms with Gasteiger partial charge in [0.15, 0.2) is 0 Å². The second-order valence-electron chi connectivity index (χ2n) is 4.11. The molecule has 0 amide bonds. The van der Waals surface area contributed by atoms with E-state index in [-0.39, 0.29) is 12.5 Å². The maximum absolute atomic E-state index is 12.2. The number of alkyl halides is 3. The minimum Gasteiger partial charge on any atom is -0.465 e. The molecule has 0 aliphatic carbocycles. The Morgan fingerprint density at radius 3 is 2.75 bits per heavy atom. The van der Waals surface area contributed by atoms with Crippen LogP contribution in [-0.4, -0.2) is 31.8 Å². The third-order valence-corrected chi connectivity index (χ3v) is 2.70. The van der Waals surface area contributed by atoms with Gasteiger partial charge in [-0.3, -0.25) is 4.79 Å². The lowest BCUT2D eigenvalue weighted by Crippen LogP contribution is -2.35. The molecule has 2 unspecified atom stereocenters. The van der Waals surface area contributed by atoms with E-state index in [1.165, 1.54) is 0 Å². The van der Waals surface area contributed by atoms with Crippen LogP contribution in [0.5, 0.6) is 0 Å². The highest BCUT2D eigenvalue weighted by Crippen LogP contribution is 2.26. The van der Waals surface area contributed by atoms with Crippen LogP contribution in [0.25, 0.3) is 0 Å². The Hall–Kier alpha value is -0.780. The molecule has 1 rings (SSSR count). The fourth-order valence-corrected chi connectivity index (χ4v) is 1.52. The van der Waals surface area contributed by atoms with Gasteiger partial charge in [-0.05, 0) is 26.3 Å². The van der Waals surface area contributed by atoms with Crippen molar-refractivity contribution in [3.63, 3.8) is 0 Å². The molecule has 0 radical (unpaired) electrons. The second kappa shape index (κ2) is 5.52. The maximum atomic E-state index is 12.2. The summed E-state index contributed by atoms with van der Waals surface area (Å²) in [6.45, 7) is 2.52. The number of rotatable bonds is 3.